The Hall–Kier alpha value is -4.78. The molecule has 2 aromatic carbocycles. The molecule has 5 atom stereocenters. The molecule has 5 unspecified atom stereocenters. The molecule has 0 radical (unpaired) electrons. The van der Waals surface area contributed by atoms with E-state index in [1.165, 1.54) is 4.90 Å². The molecular formula is C40H48N4O8S. The average Bonchev–Trinajstić information content (AvgIpc) is 3.66. The van der Waals surface area contributed by atoms with Crippen molar-refractivity contribution in [3.63, 3.8) is 0 Å². The summed E-state index contributed by atoms with van der Waals surface area (Å²) in [4.78, 5) is 61.5. The van der Waals surface area contributed by atoms with Crippen molar-refractivity contribution in [1.29, 1.82) is 0 Å². The number of methoxy groups -OCH3 is 1. The Morgan fingerprint density at radius 3 is 2.64 bits per heavy atom. The van der Waals surface area contributed by atoms with Gasteiger partial charge in [0.25, 0.3) is 0 Å². The number of hydrogen-bond acceptors (Lipinski definition) is 10. The number of alkyl carbamates (subject to hydrolysis) is 1. The van der Waals surface area contributed by atoms with Crippen LogP contribution in [0.15, 0.2) is 66.7 Å². The molecular weight excluding hydrogens is 697 g/mol. The minimum Gasteiger partial charge on any atom is -0.497 e. The van der Waals surface area contributed by atoms with Crippen LogP contribution < -0.4 is 20.1 Å². The van der Waals surface area contributed by atoms with Crippen LogP contribution >= 0.6 is 11.8 Å². The third-order valence-electron chi connectivity index (χ3n) is 9.49. The third kappa shape index (κ3) is 8.89. The van der Waals surface area contributed by atoms with Crippen LogP contribution in [0.2, 0.25) is 0 Å². The second-order valence-corrected chi connectivity index (χ2v) is 15.7. The highest BCUT2D eigenvalue weighted by Gasteiger charge is 2.62. The molecule has 12 nitrogen and oxygen atoms in total. The van der Waals surface area contributed by atoms with E-state index in [2.05, 4.69) is 10.6 Å². The first-order valence-electron chi connectivity index (χ1n) is 18.1. The first-order chi connectivity index (χ1) is 25.4. The maximum Gasteiger partial charge on any atom is 0.408 e. The van der Waals surface area contributed by atoms with Crippen LogP contribution in [-0.4, -0.2) is 94.9 Å². The number of rotatable bonds is 7. The lowest BCUT2D eigenvalue weighted by atomic mass is 10.1. The SMILES string of the molecule is CCOC(=O)C12CC1/C=C/CCCSCC(NC(=O)OC(C)(C)C)C(=O)N1CC(Oc3cc(-c4ccccc4)nc4cc(OC)ccc34)CC1C(=O)N2. The van der Waals surface area contributed by atoms with Crippen molar-refractivity contribution >= 4 is 46.5 Å². The fourth-order valence-corrected chi connectivity index (χ4v) is 7.81. The maximum atomic E-state index is 14.5. The van der Waals surface area contributed by atoms with Gasteiger partial charge >= 0.3 is 12.1 Å². The average molecular weight is 745 g/mol. The van der Waals surface area contributed by atoms with Gasteiger partial charge in [0, 0.05) is 41.2 Å². The van der Waals surface area contributed by atoms with E-state index in [4.69, 9.17) is 23.9 Å². The monoisotopic (exact) mass is 744 g/mol. The Kier molecular flexibility index (Phi) is 11.5. The molecule has 3 aromatic rings. The summed E-state index contributed by atoms with van der Waals surface area (Å²) in [6.45, 7) is 7.22. The van der Waals surface area contributed by atoms with E-state index in [0.717, 1.165) is 29.5 Å². The molecule has 3 heterocycles. The molecule has 1 aromatic heterocycles. The first-order valence-corrected chi connectivity index (χ1v) is 19.3. The number of amides is 3. The van der Waals surface area contributed by atoms with Crippen LogP contribution in [0.4, 0.5) is 4.79 Å². The molecule has 2 aliphatic heterocycles. The number of thioether (sulfide) groups is 1. The fourth-order valence-electron chi connectivity index (χ4n) is 6.81. The van der Waals surface area contributed by atoms with Crippen molar-refractivity contribution in [2.24, 2.45) is 5.92 Å². The van der Waals surface area contributed by atoms with Gasteiger partial charge < -0.3 is 34.5 Å². The Morgan fingerprint density at radius 2 is 1.91 bits per heavy atom. The summed E-state index contributed by atoms with van der Waals surface area (Å²) in [6.07, 6.45) is 4.82. The second-order valence-electron chi connectivity index (χ2n) is 14.6. The summed E-state index contributed by atoms with van der Waals surface area (Å²) in [5, 5.41) is 6.51. The van der Waals surface area contributed by atoms with Crippen LogP contribution in [-0.2, 0) is 23.9 Å². The van der Waals surface area contributed by atoms with Crippen molar-refractivity contribution < 1.29 is 38.1 Å². The van der Waals surface area contributed by atoms with Crippen LogP contribution in [0.1, 0.15) is 53.4 Å². The van der Waals surface area contributed by atoms with Crippen molar-refractivity contribution in [1.82, 2.24) is 20.5 Å². The van der Waals surface area contributed by atoms with Crippen LogP contribution in [0.25, 0.3) is 22.2 Å². The molecule has 282 valence electrons. The van der Waals surface area contributed by atoms with Gasteiger partial charge in [0.05, 0.1) is 31.5 Å². The summed E-state index contributed by atoms with van der Waals surface area (Å²) in [5.41, 5.74) is 0.239. The van der Waals surface area contributed by atoms with E-state index in [-0.39, 0.29) is 31.2 Å². The number of benzene rings is 2. The lowest BCUT2D eigenvalue weighted by Crippen LogP contribution is -2.57. The molecule has 53 heavy (non-hydrogen) atoms. The third-order valence-corrected chi connectivity index (χ3v) is 10.6. The van der Waals surface area contributed by atoms with Gasteiger partial charge in [-0.2, -0.15) is 11.8 Å². The topological polar surface area (TPSA) is 145 Å². The van der Waals surface area contributed by atoms with Gasteiger partial charge in [0.2, 0.25) is 11.8 Å². The van der Waals surface area contributed by atoms with Crippen molar-refractivity contribution in [3.8, 4) is 22.8 Å². The normalized spacial score (nSPS) is 25.5. The number of hydrogen-bond donors (Lipinski definition) is 2. The number of carbonyl (C=O) groups is 4. The van der Waals surface area contributed by atoms with Crippen LogP contribution in [0, 0.1) is 5.92 Å². The molecule has 1 saturated heterocycles. The van der Waals surface area contributed by atoms with Crippen molar-refractivity contribution in [3.05, 3.63) is 66.7 Å². The number of pyridine rings is 1. The first kappa shape index (κ1) is 38.0. The number of esters is 1. The summed E-state index contributed by atoms with van der Waals surface area (Å²) in [7, 11) is 1.59. The number of allylic oxidation sites excluding steroid dienone is 1. The Morgan fingerprint density at radius 1 is 1.11 bits per heavy atom. The molecule has 1 saturated carbocycles. The Labute approximate surface area is 314 Å². The number of nitrogens with one attached hydrogen (secondary N) is 2. The summed E-state index contributed by atoms with van der Waals surface area (Å²) >= 11 is 1.55. The quantitative estimate of drug-likeness (QED) is 0.229. The molecule has 3 amide bonds. The molecule has 6 rings (SSSR count). The lowest BCUT2D eigenvalue weighted by molar-refractivity contribution is -0.150. The predicted molar refractivity (Wildman–Crippen MR) is 203 cm³/mol. The van der Waals surface area contributed by atoms with Gasteiger partial charge in [-0.05, 0) is 64.8 Å². The van der Waals surface area contributed by atoms with Crippen LogP contribution in [0.3, 0.4) is 0 Å². The highest BCUT2D eigenvalue weighted by Crippen LogP contribution is 2.46. The van der Waals surface area contributed by atoms with Gasteiger partial charge in [-0.1, -0.05) is 42.5 Å². The van der Waals surface area contributed by atoms with Gasteiger partial charge in [0.1, 0.15) is 40.8 Å². The second kappa shape index (κ2) is 16.1. The number of nitrogens with zero attached hydrogens (tertiary/aromatic N) is 2. The molecule has 13 heteroatoms. The molecule has 1 aliphatic carbocycles. The zero-order chi connectivity index (χ0) is 37.8. The zero-order valence-corrected chi connectivity index (χ0v) is 31.7. The molecule has 2 N–H and O–H groups in total. The molecule has 0 spiro atoms. The minimum absolute atomic E-state index is 0.0600. The van der Waals surface area contributed by atoms with E-state index >= 15 is 0 Å². The summed E-state index contributed by atoms with van der Waals surface area (Å²) in [5.74, 6) is 0.559. The summed E-state index contributed by atoms with van der Waals surface area (Å²) in [6, 6.07) is 15.2. The van der Waals surface area contributed by atoms with Crippen LogP contribution in [0.5, 0.6) is 11.5 Å². The highest BCUT2D eigenvalue weighted by molar-refractivity contribution is 7.99. The zero-order valence-electron chi connectivity index (χ0n) is 30.9. The van der Waals surface area contributed by atoms with E-state index in [1.807, 2.05) is 66.7 Å². The lowest BCUT2D eigenvalue weighted by Gasteiger charge is -2.30. The summed E-state index contributed by atoms with van der Waals surface area (Å²) < 4.78 is 23.2. The number of aromatic nitrogens is 1. The van der Waals surface area contributed by atoms with E-state index in [1.54, 1.807) is 46.6 Å². The predicted octanol–water partition coefficient (Wildman–Crippen LogP) is 5.67. The number of fused-ring (bicyclic) bond motifs is 3. The largest absolute Gasteiger partial charge is 0.497 e. The van der Waals surface area contributed by atoms with Crippen molar-refractivity contribution in [2.75, 3.05) is 31.8 Å². The molecule has 0 bridgehead atoms. The fraction of sp³-hybridized carbons (Fsp3) is 0.475. The molecule has 2 fully saturated rings. The Balaban J connectivity index is 1.35. The molecule has 3 aliphatic rings. The van der Waals surface area contributed by atoms with Crippen molar-refractivity contribution in [2.45, 2.75) is 82.7 Å². The van der Waals surface area contributed by atoms with Gasteiger partial charge in [-0.25, -0.2) is 14.6 Å². The maximum absolute atomic E-state index is 14.5. The smallest absolute Gasteiger partial charge is 0.408 e. The Bertz CT molecular complexity index is 1860. The number of ether oxygens (including phenoxy) is 4. The van der Waals surface area contributed by atoms with E-state index in [0.29, 0.717) is 29.1 Å². The number of carbonyl (C=O) groups excluding carboxylic acids is 4. The minimum atomic E-state index is -1.22. The highest BCUT2D eigenvalue weighted by atomic mass is 32.2. The van der Waals surface area contributed by atoms with E-state index in [9.17, 15) is 19.2 Å². The van der Waals surface area contributed by atoms with Gasteiger partial charge in [-0.3, -0.25) is 9.59 Å². The standard InChI is InChI=1S/C40H48N4O8S/c1-6-50-37(47)40-22-26(40)15-11-8-12-18-53-24-32(42-38(48)52-39(2,3)4)36(46)44-23-28(20-33(44)35(45)43-40)51-34-21-30(25-13-9-7-10-14-25)41-31-19-27(49-5)16-17-29(31)34/h7,9-11,13-17,19,21,26,28,32-33H,6,8,12,18,20,22-24H2,1-5H3,(H,42,48)(H,43,45)/b15-11+. The van der Waals surface area contributed by atoms with E-state index < -0.39 is 53.2 Å². The van der Waals surface area contributed by atoms with Gasteiger partial charge in [0.15, 0.2) is 0 Å². The van der Waals surface area contributed by atoms with Gasteiger partial charge in [-0.15, -0.1) is 0 Å².